The van der Waals surface area contributed by atoms with E-state index in [-0.39, 0.29) is 17.3 Å². The molecule has 2 heterocycles. The van der Waals surface area contributed by atoms with E-state index in [0.717, 1.165) is 0 Å². The molecule has 2 unspecified atom stereocenters. The number of hydrogen-bond acceptors (Lipinski definition) is 5. The smallest absolute Gasteiger partial charge is 0.344 e. The van der Waals surface area contributed by atoms with Gasteiger partial charge < -0.3 is 10.2 Å². The molecule has 2 aliphatic heterocycles. The number of hydrogen-bond donors (Lipinski definition) is 1. The molecule has 0 fully saturated rings. The van der Waals surface area contributed by atoms with Crippen molar-refractivity contribution in [1.82, 2.24) is 5.43 Å². The van der Waals surface area contributed by atoms with Gasteiger partial charge in [0.2, 0.25) is 0 Å². The Balaban J connectivity index is 2.09. The summed E-state index contributed by atoms with van der Waals surface area (Å²) in [7, 11) is 1.39. The highest BCUT2D eigenvalue weighted by molar-refractivity contribution is 8.05. The molecular weight excluding hydrogens is 176 g/mol. The average Bonchev–Trinajstić information content (AvgIpc) is 2.60. The van der Waals surface area contributed by atoms with Crippen LogP contribution in [0.25, 0.3) is 0 Å². The van der Waals surface area contributed by atoms with Gasteiger partial charge in [0.15, 0.2) is 0 Å². The maximum Gasteiger partial charge on any atom is 0.344 e. The van der Waals surface area contributed by atoms with Crippen LogP contribution < -0.4 is 5.43 Å². The summed E-state index contributed by atoms with van der Waals surface area (Å²) >= 11 is 1.49. The van der Waals surface area contributed by atoms with Crippen LogP contribution in [0.5, 0.6) is 0 Å². The van der Waals surface area contributed by atoms with Crippen LogP contribution in [0, 0.1) is 0 Å². The second kappa shape index (κ2) is 2.82. The van der Waals surface area contributed by atoms with Crippen molar-refractivity contribution in [2.24, 2.45) is 5.10 Å². The third-order valence-corrected chi connectivity index (χ3v) is 3.02. The highest BCUT2D eigenvalue weighted by Gasteiger charge is 2.33. The molecule has 0 bridgehead atoms. The first-order valence-corrected chi connectivity index (χ1v) is 4.45. The monoisotopic (exact) mass is 184 g/mol. The fourth-order valence-electron chi connectivity index (χ4n) is 1.17. The summed E-state index contributed by atoms with van der Waals surface area (Å²) in [6.07, 6.45) is 3.66. The molecule has 2 aliphatic rings. The molecular formula is C7H8N2O2S. The molecule has 0 aromatic heterocycles. The standard InChI is InChI=1S/C7H8N2O2S/c1-11-7(10)5-2-4-6(12-5)3-8-9-4/h2-4,6,9H,1H3. The van der Waals surface area contributed by atoms with Gasteiger partial charge in [-0.05, 0) is 6.08 Å². The SMILES string of the molecule is COC(=O)C1=CC2NN=CC2S1. The highest BCUT2D eigenvalue weighted by atomic mass is 32.2. The molecule has 0 amide bonds. The van der Waals surface area contributed by atoms with Gasteiger partial charge in [0.25, 0.3) is 0 Å². The predicted molar refractivity (Wildman–Crippen MR) is 46.9 cm³/mol. The summed E-state index contributed by atoms with van der Waals surface area (Å²) in [5.41, 5.74) is 2.89. The van der Waals surface area contributed by atoms with Crippen LogP contribution in [-0.4, -0.2) is 30.6 Å². The van der Waals surface area contributed by atoms with Gasteiger partial charge in [-0.3, -0.25) is 0 Å². The molecule has 1 N–H and O–H groups in total. The lowest BCUT2D eigenvalue weighted by Crippen LogP contribution is -2.23. The number of carbonyl (C=O) groups excluding carboxylic acids is 1. The largest absolute Gasteiger partial charge is 0.465 e. The topological polar surface area (TPSA) is 50.7 Å². The van der Waals surface area contributed by atoms with Crippen LogP contribution in [0.3, 0.4) is 0 Å². The fourth-order valence-corrected chi connectivity index (χ4v) is 2.28. The van der Waals surface area contributed by atoms with Crippen LogP contribution in [0.4, 0.5) is 0 Å². The molecule has 64 valence electrons. The zero-order valence-corrected chi connectivity index (χ0v) is 7.30. The van der Waals surface area contributed by atoms with Gasteiger partial charge in [0, 0.05) is 6.21 Å². The van der Waals surface area contributed by atoms with Crippen LogP contribution in [0.1, 0.15) is 0 Å². The number of ether oxygens (including phenoxy) is 1. The summed E-state index contributed by atoms with van der Waals surface area (Å²) in [5.74, 6) is -0.260. The summed E-state index contributed by atoms with van der Waals surface area (Å²) in [6, 6.07) is 0.170. The summed E-state index contributed by atoms with van der Waals surface area (Å²) in [5, 5.41) is 4.16. The summed E-state index contributed by atoms with van der Waals surface area (Å²) in [4.78, 5) is 11.7. The normalized spacial score (nSPS) is 30.9. The zero-order valence-electron chi connectivity index (χ0n) is 6.48. The summed E-state index contributed by atoms with van der Waals surface area (Å²) in [6.45, 7) is 0. The molecule has 2 atom stereocenters. The second-order valence-corrected chi connectivity index (χ2v) is 3.76. The number of esters is 1. The Labute approximate surface area is 74.0 Å². The Kier molecular flexibility index (Phi) is 1.80. The first-order valence-electron chi connectivity index (χ1n) is 3.57. The van der Waals surface area contributed by atoms with E-state index in [2.05, 4.69) is 15.3 Å². The van der Waals surface area contributed by atoms with E-state index in [1.165, 1.54) is 18.9 Å². The van der Waals surface area contributed by atoms with Crippen molar-refractivity contribution in [1.29, 1.82) is 0 Å². The molecule has 12 heavy (non-hydrogen) atoms. The molecule has 0 saturated heterocycles. The lowest BCUT2D eigenvalue weighted by atomic mass is 10.2. The Bertz CT molecular complexity index is 275. The molecule has 0 saturated carbocycles. The Hall–Kier alpha value is -0.970. The van der Waals surface area contributed by atoms with E-state index >= 15 is 0 Å². The van der Waals surface area contributed by atoms with Gasteiger partial charge in [-0.15, -0.1) is 11.8 Å². The second-order valence-electron chi connectivity index (χ2n) is 2.54. The van der Waals surface area contributed by atoms with Gasteiger partial charge in [-0.2, -0.15) is 5.10 Å². The molecule has 5 heteroatoms. The van der Waals surface area contributed by atoms with Gasteiger partial charge in [0.05, 0.1) is 23.3 Å². The number of fused-ring (bicyclic) bond motifs is 1. The minimum Gasteiger partial charge on any atom is -0.465 e. The number of rotatable bonds is 1. The average molecular weight is 184 g/mol. The number of nitrogens with zero attached hydrogens (tertiary/aromatic N) is 1. The van der Waals surface area contributed by atoms with Crippen molar-refractivity contribution in [2.75, 3.05) is 7.11 Å². The van der Waals surface area contributed by atoms with E-state index in [1.807, 2.05) is 12.3 Å². The molecule has 0 spiro atoms. The Morgan fingerprint density at radius 1 is 1.83 bits per heavy atom. The summed E-state index contributed by atoms with van der Waals surface area (Å²) < 4.78 is 4.60. The third-order valence-electron chi connectivity index (χ3n) is 1.78. The molecule has 0 aliphatic carbocycles. The quantitative estimate of drug-likeness (QED) is 0.588. The zero-order chi connectivity index (χ0) is 8.55. The lowest BCUT2D eigenvalue weighted by molar-refractivity contribution is -0.135. The van der Waals surface area contributed by atoms with Crippen molar-refractivity contribution in [3.05, 3.63) is 11.0 Å². The molecule has 4 nitrogen and oxygen atoms in total. The maximum absolute atomic E-state index is 11.1. The number of nitrogens with one attached hydrogen (secondary N) is 1. The highest BCUT2D eigenvalue weighted by Crippen LogP contribution is 2.33. The first-order chi connectivity index (χ1) is 5.81. The van der Waals surface area contributed by atoms with E-state index in [4.69, 9.17) is 0 Å². The molecule has 0 aromatic carbocycles. The van der Waals surface area contributed by atoms with E-state index in [0.29, 0.717) is 4.91 Å². The minimum absolute atomic E-state index is 0.170. The van der Waals surface area contributed by atoms with Crippen molar-refractivity contribution in [3.8, 4) is 0 Å². The number of carbonyl (C=O) groups is 1. The van der Waals surface area contributed by atoms with Crippen LogP contribution in [-0.2, 0) is 9.53 Å². The van der Waals surface area contributed by atoms with Gasteiger partial charge in [0.1, 0.15) is 0 Å². The van der Waals surface area contributed by atoms with Gasteiger partial charge in [-0.25, -0.2) is 4.79 Å². The molecule has 0 aromatic rings. The van der Waals surface area contributed by atoms with Gasteiger partial charge in [-0.1, -0.05) is 0 Å². The van der Waals surface area contributed by atoms with E-state index in [1.54, 1.807) is 0 Å². The number of methoxy groups -OCH3 is 1. The predicted octanol–water partition coefficient (Wildman–Crippen LogP) is 0.116. The van der Waals surface area contributed by atoms with Crippen LogP contribution >= 0.6 is 11.8 Å². The van der Waals surface area contributed by atoms with E-state index in [9.17, 15) is 4.79 Å². The number of hydrazone groups is 1. The molecule has 0 radical (unpaired) electrons. The van der Waals surface area contributed by atoms with Crippen molar-refractivity contribution in [3.63, 3.8) is 0 Å². The first kappa shape index (κ1) is 7.67. The number of thioether (sulfide) groups is 1. The maximum atomic E-state index is 11.1. The van der Waals surface area contributed by atoms with Crippen molar-refractivity contribution in [2.45, 2.75) is 11.3 Å². The molecule has 2 rings (SSSR count). The Morgan fingerprint density at radius 2 is 2.67 bits per heavy atom. The van der Waals surface area contributed by atoms with E-state index < -0.39 is 0 Å². The van der Waals surface area contributed by atoms with Crippen LogP contribution in [0.15, 0.2) is 16.1 Å². The lowest BCUT2D eigenvalue weighted by Gasteiger charge is -2.02. The van der Waals surface area contributed by atoms with Crippen molar-refractivity contribution < 1.29 is 9.53 Å². The van der Waals surface area contributed by atoms with Gasteiger partial charge >= 0.3 is 5.97 Å². The fraction of sp³-hybridized carbons (Fsp3) is 0.429. The van der Waals surface area contributed by atoms with Crippen molar-refractivity contribution >= 4 is 23.9 Å². The minimum atomic E-state index is -0.260. The Morgan fingerprint density at radius 3 is 3.33 bits per heavy atom. The van der Waals surface area contributed by atoms with Crippen LogP contribution in [0.2, 0.25) is 0 Å². The third kappa shape index (κ3) is 1.10.